The second kappa shape index (κ2) is 5.06. The fourth-order valence-corrected chi connectivity index (χ4v) is 2.64. The van der Waals surface area contributed by atoms with Crippen LogP contribution in [0.4, 0.5) is 5.69 Å². The van der Waals surface area contributed by atoms with Gasteiger partial charge < -0.3 is 5.32 Å². The van der Waals surface area contributed by atoms with Crippen molar-refractivity contribution in [3.05, 3.63) is 64.1 Å². The van der Waals surface area contributed by atoms with Gasteiger partial charge in [-0.3, -0.25) is 4.79 Å². The highest BCUT2D eigenvalue weighted by atomic mass is 79.9. The van der Waals surface area contributed by atoms with Crippen LogP contribution in [0.3, 0.4) is 0 Å². The first kappa shape index (κ1) is 13.4. The molecule has 0 spiro atoms. The number of amides is 1. The highest BCUT2D eigenvalue weighted by Gasteiger charge is 2.40. The van der Waals surface area contributed by atoms with Crippen molar-refractivity contribution in [2.24, 2.45) is 0 Å². The van der Waals surface area contributed by atoms with Crippen LogP contribution in [-0.2, 0) is 5.41 Å². The van der Waals surface area contributed by atoms with E-state index in [1.807, 2.05) is 42.5 Å². The summed E-state index contributed by atoms with van der Waals surface area (Å²) in [6, 6.07) is 15.5. The van der Waals surface area contributed by atoms with Gasteiger partial charge in [-0.05, 0) is 54.2 Å². The predicted molar refractivity (Wildman–Crippen MR) is 85.1 cm³/mol. The van der Waals surface area contributed by atoms with E-state index in [9.17, 15) is 4.79 Å². The van der Waals surface area contributed by atoms with Crippen LogP contribution < -0.4 is 5.32 Å². The van der Waals surface area contributed by atoms with E-state index in [1.165, 1.54) is 18.4 Å². The average Bonchev–Trinajstić information content (AvgIpc) is 3.19. The van der Waals surface area contributed by atoms with E-state index in [4.69, 9.17) is 0 Å². The third-order valence-electron chi connectivity index (χ3n) is 3.93. The van der Waals surface area contributed by atoms with Crippen molar-refractivity contribution >= 4 is 27.5 Å². The largest absolute Gasteiger partial charge is 0.322 e. The molecule has 3 heteroatoms. The molecule has 0 saturated heterocycles. The number of nitrogens with one attached hydrogen (secondary N) is 1. The fourth-order valence-electron chi connectivity index (χ4n) is 2.37. The van der Waals surface area contributed by atoms with Crippen LogP contribution in [-0.4, -0.2) is 5.91 Å². The van der Waals surface area contributed by atoms with E-state index < -0.39 is 0 Å². The number of anilines is 1. The molecule has 0 bridgehead atoms. The number of rotatable bonds is 3. The molecule has 0 unspecified atom stereocenters. The molecule has 3 rings (SSSR count). The van der Waals surface area contributed by atoms with Crippen LogP contribution in [0.15, 0.2) is 53.0 Å². The van der Waals surface area contributed by atoms with E-state index in [1.54, 1.807) is 0 Å². The lowest BCUT2D eigenvalue weighted by atomic mass is 9.96. The number of hydrogen-bond donors (Lipinski definition) is 1. The van der Waals surface area contributed by atoms with E-state index >= 15 is 0 Å². The Hall–Kier alpha value is -1.61. The van der Waals surface area contributed by atoms with Crippen LogP contribution in [0.1, 0.15) is 35.7 Å². The van der Waals surface area contributed by atoms with Crippen molar-refractivity contribution in [3.63, 3.8) is 0 Å². The van der Waals surface area contributed by atoms with Crippen molar-refractivity contribution in [1.29, 1.82) is 0 Å². The lowest BCUT2D eigenvalue weighted by Gasteiger charge is -2.15. The molecular weight excluding hydrogens is 314 g/mol. The Morgan fingerprint density at radius 2 is 1.75 bits per heavy atom. The molecule has 102 valence electrons. The Balaban J connectivity index is 1.85. The minimum Gasteiger partial charge on any atom is -0.322 e. The second-order valence-corrected chi connectivity index (χ2v) is 6.48. The average molecular weight is 330 g/mol. The molecule has 1 aliphatic rings. The van der Waals surface area contributed by atoms with Gasteiger partial charge in [0.2, 0.25) is 0 Å². The van der Waals surface area contributed by atoms with Gasteiger partial charge in [-0.25, -0.2) is 0 Å². The number of carbonyl (C=O) groups is 1. The number of para-hydroxylation sites is 1. The van der Waals surface area contributed by atoms with Gasteiger partial charge >= 0.3 is 0 Å². The molecule has 1 amide bonds. The van der Waals surface area contributed by atoms with Gasteiger partial charge in [0, 0.05) is 15.7 Å². The molecule has 2 aromatic rings. The van der Waals surface area contributed by atoms with Crippen molar-refractivity contribution in [2.75, 3.05) is 5.32 Å². The smallest absolute Gasteiger partial charge is 0.255 e. The molecule has 2 aromatic carbocycles. The first-order valence-electron chi connectivity index (χ1n) is 6.75. The lowest BCUT2D eigenvalue weighted by Crippen LogP contribution is -2.15. The van der Waals surface area contributed by atoms with E-state index in [-0.39, 0.29) is 11.3 Å². The third kappa shape index (κ3) is 2.63. The monoisotopic (exact) mass is 329 g/mol. The Bertz CT molecular complexity index is 644. The summed E-state index contributed by atoms with van der Waals surface area (Å²) < 4.78 is 0.972. The number of hydrogen-bond acceptors (Lipinski definition) is 1. The van der Waals surface area contributed by atoms with Crippen molar-refractivity contribution in [1.82, 2.24) is 0 Å². The number of halogens is 1. The first-order chi connectivity index (χ1) is 9.58. The van der Waals surface area contributed by atoms with E-state index in [2.05, 4.69) is 34.2 Å². The molecule has 1 N–H and O–H groups in total. The summed E-state index contributed by atoms with van der Waals surface area (Å²) in [5, 5.41) is 3.04. The maximum absolute atomic E-state index is 12.3. The Morgan fingerprint density at radius 1 is 1.10 bits per heavy atom. The van der Waals surface area contributed by atoms with Crippen LogP contribution >= 0.6 is 15.9 Å². The molecule has 0 atom stereocenters. The van der Waals surface area contributed by atoms with Gasteiger partial charge in [0.05, 0.1) is 0 Å². The van der Waals surface area contributed by atoms with Crippen LogP contribution in [0, 0.1) is 0 Å². The maximum atomic E-state index is 12.3. The fraction of sp³-hybridized carbons (Fsp3) is 0.235. The summed E-state index contributed by atoms with van der Waals surface area (Å²) in [6.45, 7) is 2.25. The highest BCUT2D eigenvalue weighted by Crippen LogP contribution is 2.50. The lowest BCUT2D eigenvalue weighted by molar-refractivity contribution is 0.102. The quantitative estimate of drug-likeness (QED) is 0.864. The van der Waals surface area contributed by atoms with Crippen LogP contribution in [0.5, 0.6) is 0 Å². The van der Waals surface area contributed by atoms with Gasteiger partial charge in [0.15, 0.2) is 0 Å². The van der Waals surface area contributed by atoms with Gasteiger partial charge in [-0.1, -0.05) is 41.1 Å². The zero-order valence-electron chi connectivity index (χ0n) is 11.3. The molecule has 0 heterocycles. The Morgan fingerprint density at radius 3 is 2.40 bits per heavy atom. The summed E-state index contributed by atoms with van der Waals surface area (Å²) in [5.74, 6) is -0.0609. The second-order valence-electron chi connectivity index (χ2n) is 5.57. The van der Waals surface area contributed by atoms with Gasteiger partial charge in [-0.2, -0.15) is 0 Å². The van der Waals surface area contributed by atoms with Gasteiger partial charge in [0.25, 0.3) is 5.91 Å². The van der Waals surface area contributed by atoms with Crippen LogP contribution in [0.2, 0.25) is 0 Å². The Labute approximate surface area is 127 Å². The molecule has 0 aromatic heterocycles. The summed E-state index contributed by atoms with van der Waals surface area (Å²) in [4.78, 5) is 12.3. The Kier molecular flexibility index (Phi) is 3.38. The van der Waals surface area contributed by atoms with E-state index in [0.29, 0.717) is 5.56 Å². The zero-order valence-corrected chi connectivity index (χ0v) is 12.9. The standard InChI is InChI=1S/C17H16BrNO/c1-17(10-11-17)14-4-2-3-5-15(14)19-16(20)12-6-8-13(18)9-7-12/h2-9H,10-11H2,1H3,(H,19,20). The van der Waals surface area contributed by atoms with Crippen molar-refractivity contribution in [3.8, 4) is 0 Å². The predicted octanol–water partition coefficient (Wildman–Crippen LogP) is 4.75. The maximum Gasteiger partial charge on any atom is 0.255 e. The SMILES string of the molecule is CC1(c2ccccc2NC(=O)c2ccc(Br)cc2)CC1. The van der Waals surface area contributed by atoms with Crippen molar-refractivity contribution in [2.45, 2.75) is 25.2 Å². The van der Waals surface area contributed by atoms with E-state index in [0.717, 1.165) is 10.2 Å². The molecule has 1 saturated carbocycles. The van der Waals surface area contributed by atoms with Crippen molar-refractivity contribution < 1.29 is 4.79 Å². The summed E-state index contributed by atoms with van der Waals surface area (Å²) in [5.41, 5.74) is 3.08. The number of carbonyl (C=O) groups excluding carboxylic acids is 1. The minimum absolute atomic E-state index is 0.0609. The summed E-state index contributed by atoms with van der Waals surface area (Å²) in [6.07, 6.45) is 2.39. The normalized spacial score (nSPS) is 15.7. The topological polar surface area (TPSA) is 29.1 Å². The minimum atomic E-state index is -0.0609. The summed E-state index contributed by atoms with van der Waals surface area (Å²) >= 11 is 3.38. The highest BCUT2D eigenvalue weighted by molar-refractivity contribution is 9.10. The zero-order chi connectivity index (χ0) is 14.2. The van der Waals surface area contributed by atoms with Crippen LogP contribution in [0.25, 0.3) is 0 Å². The molecule has 1 fully saturated rings. The first-order valence-corrected chi connectivity index (χ1v) is 7.54. The van der Waals surface area contributed by atoms with Gasteiger partial charge in [0.1, 0.15) is 0 Å². The third-order valence-corrected chi connectivity index (χ3v) is 4.46. The van der Waals surface area contributed by atoms with Gasteiger partial charge in [-0.15, -0.1) is 0 Å². The molecule has 0 aliphatic heterocycles. The molecule has 20 heavy (non-hydrogen) atoms. The molecular formula is C17H16BrNO. The molecule has 2 nitrogen and oxygen atoms in total. The number of benzene rings is 2. The molecule has 1 aliphatic carbocycles. The summed E-state index contributed by atoms with van der Waals surface area (Å²) in [7, 11) is 0. The molecule has 0 radical (unpaired) electrons.